The molecule has 1 unspecified atom stereocenters. The zero-order chi connectivity index (χ0) is 12.4. The quantitative estimate of drug-likeness (QED) is 0.884. The molecule has 1 aliphatic carbocycles. The summed E-state index contributed by atoms with van der Waals surface area (Å²) in [6.07, 6.45) is 2.77. The van der Waals surface area contributed by atoms with Crippen LogP contribution in [0.1, 0.15) is 19.8 Å². The Kier molecular flexibility index (Phi) is 3.41. The average molecular weight is 246 g/mol. The number of benzene rings is 1. The Hall–Kier alpha value is -1.22. The molecule has 1 atom stereocenters. The number of morpholine rings is 1. The fraction of sp³-hybridized carbons (Fsp3) is 0.600. The largest absolute Gasteiger partial charge is 0.381 e. The monoisotopic (exact) mass is 246 g/mol. The molecule has 0 aromatic heterocycles. The van der Waals surface area contributed by atoms with E-state index in [9.17, 15) is 0 Å². The zero-order valence-electron chi connectivity index (χ0n) is 11.1. The Morgan fingerprint density at radius 1 is 1.22 bits per heavy atom. The predicted molar refractivity (Wildman–Crippen MR) is 75.3 cm³/mol. The summed E-state index contributed by atoms with van der Waals surface area (Å²) >= 11 is 0. The third kappa shape index (κ3) is 2.61. The minimum absolute atomic E-state index is 0.590. The number of hydrogen-bond donors (Lipinski definition) is 1. The molecular formula is C15H22N2O. The second-order valence-electron chi connectivity index (χ2n) is 5.39. The van der Waals surface area contributed by atoms with Gasteiger partial charge in [0.1, 0.15) is 0 Å². The molecule has 18 heavy (non-hydrogen) atoms. The molecule has 3 nitrogen and oxygen atoms in total. The predicted octanol–water partition coefficient (Wildman–Crippen LogP) is 2.73. The number of nitrogens with zero attached hydrogens (tertiary/aromatic N) is 1. The molecule has 1 heterocycles. The van der Waals surface area contributed by atoms with Crippen LogP contribution in [0.5, 0.6) is 0 Å². The van der Waals surface area contributed by atoms with Gasteiger partial charge < -0.3 is 15.0 Å². The maximum atomic E-state index is 5.43. The smallest absolute Gasteiger partial charge is 0.0642 e. The Morgan fingerprint density at radius 2 is 1.94 bits per heavy atom. The lowest BCUT2D eigenvalue weighted by molar-refractivity contribution is 0.123. The van der Waals surface area contributed by atoms with E-state index >= 15 is 0 Å². The first kappa shape index (κ1) is 11.8. The van der Waals surface area contributed by atoms with Crippen molar-refractivity contribution in [3.05, 3.63) is 24.3 Å². The van der Waals surface area contributed by atoms with E-state index < -0.39 is 0 Å². The van der Waals surface area contributed by atoms with Crippen molar-refractivity contribution < 1.29 is 4.74 Å². The second-order valence-corrected chi connectivity index (χ2v) is 5.39. The highest BCUT2D eigenvalue weighted by Gasteiger charge is 2.28. The number of hydrogen-bond acceptors (Lipinski definition) is 3. The van der Waals surface area contributed by atoms with E-state index in [0.29, 0.717) is 6.04 Å². The highest BCUT2D eigenvalue weighted by atomic mass is 16.5. The number of nitrogens with one attached hydrogen (secondary N) is 1. The van der Waals surface area contributed by atoms with Gasteiger partial charge in [-0.3, -0.25) is 0 Å². The van der Waals surface area contributed by atoms with Crippen LogP contribution in [0.3, 0.4) is 0 Å². The van der Waals surface area contributed by atoms with Crippen LogP contribution in [-0.2, 0) is 4.74 Å². The summed E-state index contributed by atoms with van der Waals surface area (Å²) in [5, 5.41) is 3.69. The van der Waals surface area contributed by atoms with Gasteiger partial charge in [0.25, 0.3) is 0 Å². The van der Waals surface area contributed by atoms with Gasteiger partial charge in [0.15, 0.2) is 0 Å². The van der Waals surface area contributed by atoms with Crippen molar-refractivity contribution in [2.75, 3.05) is 36.5 Å². The van der Waals surface area contributed by atoms with E-state index in [1.54, 1.807) is 0 Å². The lowest BCUT2D eigenvalue weighted by Gasteiger charge is -2.31. The van der Waals surface area contributed by atoms with Gasteiger partial charge in [0, 0.05) is 19.1 Å². The van der Waals surface area contributed by atoms with Crippen LogP contribution in [0.25, 0.3) is 0 Å². The highest BCUT2D eigenvalue weighted by molar-refractivity contribution is 5.70. The van der Waals surface area contributed by atoms with Crippen molar-refractivity contribution >= 4 is 11.4 Å². The minimum atomic E-state index is 0.590. The molecule has 1 saturated carbocycles. The summed E-state index contributed by atoms with van der Waals surface area (Å²) in [5.41, 5.74) is 2.60. The molecule has 1 aromatic carbocycles. The second kappa shape index (κ2) is 5.19. The highest BCUT2D eigenvalue weighted by Crippen LogP contribution is 2.35. The maximum Gasteiger partial charge on any atom is 0.0642 e. The molecule has 0 amide bonds. The molecule has 1 aliphatic heterocycles. The van der Waals surface area contributed by atoms with Gasteiger partial charge in [-0.15, -0.1) is 0 Å². The van der Waals surface area contributed by atoms with E-state index in [0.717, 1.165) is 32.2 Å². The van der Waals surface area contributed by atoms with E-state index in [2.05, 4.69) is 41.4 Å². The van der Waals surface area contributed by atoms with Crippen molar-refractivity contribution in [2.24, 2.45) is 5.92 Å². The molecule has 1 N–H and O–H groups in total. The van der Waals surface area contributed by atoms with Gasteiger partial charge in [-0.2, -0.15) is 0 Å². The SMILES string of the molecule is CC(Nc1ccccc1N1CCOCC1)C1CC1. The third-order valence-electron chi connectivity index (χ3n) is 3.97. The Balaban J connectivity index is 1.75. The van der Waals surface area contributed by atoms with Crippen LogP contribution in [-0.4, -0.2) is 32.3 Å². The first-order valence-corrected chi connectivity index (χ1v) is 7.03. The average Bonchev–Trinajstić information content (AvgIpc) is 3.25. The molecule has 0 bridgehead atoms. The standard InChI is InChI=1S/C15H22N2O/c1-12(13-6-7-13)16-14-4-2-3-5-15(14)17-8-10-18-11-9-17/h2-5,12-13,16H,6-11H2,1H3. The van der Waals surface area contributed by atoms with Gasteiger partial charge in [-0.25, -0.2) is 0 Å². The minimum Gasteiger partial charge on any atom is -0.381 e. The van der Waals surface area contributed by atoms with Gasteiger partial charge in [0.2, 0.25) is 0 Å². The zero-order valence-corrected chi connectivity index (χ0v) is 11.1. The number of ether oxygens (including phenoxy) is 1. The van der Waals surface area contributed by atoms with Gasteiger partial charge in [0.05, 0.1) is 24.6 Å². The fourth-order valence-corrected chi connectivity index (χ4v) is 2.64. The van der Waals surface area contributed by atoms with E-state index in [4.69, 9.17) is 4.74 Å². The molecule has 3 rings (SSSR count). The van der Waals surface area contributed by atoms with E-state index in [1.165, 1.54) is 24.2 Å². The maximum absolute atomic E-state index is 5.43. The lowest BCUT2D eigenvalue weighted by Crippen LogP contribution is -2.36. The molecule has 3 heteroatoms. The van der Waals surface area contributed by atoms with Crippen LogP contribution in [0.15, 0.2) is 24.3 Å². The molecule has 98 valence electrons. The number of para-hydroxylation sites is 2. The van der Waals surface area contributed by atoms with E-state index in [-0.39, 0.29) is 0 Å². The van der Waals surface area contributed by atoms with Gasteiger partial charge in [-0.05, 0) is 37.8 Å². The fourth-order valence-electron chi connectivity index (χ4n) is 2.64. The normalized spacial score (nSPS) is 21.7. The molecule has 2 aliphatic rings. The molecule has 0 spiro atoms. The molecule has 0 radical (unpaired) electrons. The summed E-state index contributed by atoms with van der Waals surface area (Å²) in [4.78, 5) is 2.42. The summed E-state index contributed by atoms with van der Waals surface area (Å²) in [6, 6.07) is 9.24. The Labute approximate surface area is 109 Å². The van der Waals surface area contributed by atoms with E-state index in [1.807, 2.05) is 0 Å². The van der Waals surface area contributed by atoms with Crippen LogP contribution < -0.4 is 10.2 Å². The summed E-state index contributed by atoms with van der Waals surface area (Å²) < 4.78 is 5.43. The summed E-state index contributed by atoms with van der Waals surface area (Å²) in [5.74, 6) is 0.878. The molecule has 2 fully saturated rings. The van der Waals surface area contributed by atoms with Gasteiger partial charge >= 0.3 is 0 Å². The van der Waals surface area contributed by atoms with Crippen LogP contribution >= 0.6 is 0 Å². The first-order valence-electron chi connectivity index (χ1n) is 7.03. The third-order valence-corrected chi connectivity index (χ3v) is 3.97. The first-order chi connectivity index (χ1) is 8.84. The Bertz CT molecular complexity index is 397. The van der Waals surface area contributed by atoms with Crippen molar-refractivity contribution in [1.29, 1.82) is 0 Å². The molecule has 1 aromatic rings. The summed E-state index contributed by atoms with van der Waals surface area (Å²) in [6.45, 7) is 5.97. The van der Waals surface area contributed by atoms with Crippen molar-refractivity contribution in [3.63, 3.8) is 0 Å². The van der Waals surface area contributed by atoms with Crippen LogP contribution in [0.4, 0.5) is 11.4 Å². The topological polar surface area (TPSA) is 24.5 Å². The summed E-state index contributed by atoms with van der Waals surface area (Å²) in [7, 11) is 0. The van der Waals surface area contributed by atoms with Crippen molar-refractivity contribution in [2.45, 2.75) is 25.8 Å². The number of rotatable bonds is 4. The molecular weight excluding hydrogens is 224 g/mol. The number of anilines is 2. The van der Waals surface area contributed by atoms with Crippen molar-refractivity contribution in [1.82, 2.24) is 0 Å². The van der Waals surface area contributed by atoms with Crippen LogP contribution in [0.2, 0.25) is 0 Å². The van der Waals surface area contributed by atoms with Crippen LogP contribution in [0, 0.1) is 5.92 Å². The molecule has 1 saturated heterocycles. The lowest BCUT2D eigenvalue weighted by atomic mass is 10.1. The Morgan fingerprint density at radius 3 is 2.67 bits per heavy atom. The van der Waals surface area contributed by atoms with Gasteiger partial charge in [-0.1, -0.05) is 12.1 Å². The van der Waals surface area contributed by atoms with Crippen molar-refractivity contribution in [3.8, 4) is 0 Å².